The molecule has 0 aliphatic rings. The third-order valence-corrected chi connectivity index (χ3v) is 3.44. The zero-order valence-corrected chi connectivity index (χ0v) is 11.2. The lowest BCUT2D eigenvalue weighted by Gasteiger charge is -2.02. The van der Waals surface area contributed by atoms with E-state index in [1.807, 2.05) is 23.9 Å². The molecule has 0 atom stereocenters. The van der Waals surface area contributed by atoms with Crippen LogP contribution in [0.15, 0.2) is 49.0 Å². The van der Waals surface area contributed by atoms with E-state index in [0.29, 0.717) is 12.1 Å². The molecule has 0 saturated heterocycles. The van der Waals surface area contributed by atoms with Crippen LogP contribution in [0.2, 0.25) is 0 Å². The van der Waals surface area contributed by atoms with E-state index in [1.165, 1.54) is 11.6 Å². The summed E-state index contributed by atoms with van der Waals surface area (Å²) >= 11 is 1.81. The van der Waals surface area contributed by atoms with Crippen LogP contribution >= 0.6 is 11.8 Å². The van der Waals surface area contributed by atoms with E-state index in [1.54, 1.807) is 18.5 Å². The first-order valence-corrected chi connectivity index (χ1v) is 6.97. The predicted octanol–water partition coefficient (Wildman–Crippen LogP) is 2.69. The number of Topliss-reactive ketones (excluding diaryl/α,β-unsaturated/α-hetero) is 1. The predicted molar refractivity (Wildman–Crippen MR) is 77.1 cm³/mol. The quantitative estimate of drug-likeness (QED) is 0.444. The second-order valence-corrected chi connectivity index (χ2v) is 4.90. The molecule has 0 unspecified atom stereocenters. The van der Waals surface area contributed by atoms with Crippen LogP contribution in [0.5, 0.6) is 0 Å². The zero-order valence-electron chi connectivity index (χ0n) is 10.3. The number of aromatic nitrogens is 1. The first-order chi connectivity index (χ1) is 8.74. The van der Waals surface area contributed by atoms with Gasteiger partial charge in [-0.25, -0.2) is 0 Å². The summed E-state index contributed by atoms with van der Waals surface area (Å²) in [6, 6.07) is 4.01. The molecule has 3 nitrogen and oxygen atoms in total. The molecule has 0 radical (unpaired) electrons. The van der Waals surface area contributed by atoms with Gasteiger partial charge in [-0.15, -0.1) is 0 Å². The van der Waals surface area contributed by atoms with E-state index in [4.69, 9.17) is 5.73 Å². The lowest BCUT2D eigenvalue weighted by Crippen LogP contribution is -2.10. The number of nitrogens with two attached hydrogens (primary N) is 1. The maximum atomic E-state index is 11.5. The van der Waals surface area contributed by atoms with Crippen LogP contribution in [-0.4, -0.2) is 16.5 Å². The Balaban J connectivity index is 2.14. The van der Waals surface area contributed by atoms with Gasteiger partial charge in [0.25, 0.3) is 0 Å². The molecule has 0 fully saturated rings. The zero-order chi connectivity index (χ0) is 13.2. The van der Waals surface area contributed by atoms with Crippen molar-refractivity contribution in [1.29, 1.82) is 0 Å². The van der Waals surface area contributed by atoms with E-state index in [0.717, 1.165) is 17.9 Å². The molecular weight excluding hydrogens is 244 g/mol. The molecule has 2 N–H and O–H groups in total. The van der Waals surface area contributed by atoms with Crippen molar-refractivity contribution in [2.24, 2.45) is 5.73 Å². The van der Waals surface area contributed by atoms with Crippen molar-refractivity contribution in [3.63, 3.8) is 0 Å². The molecule has 1 heterocycles. The van der Waals surface area contributed by atoms with Gasteiger partial charge in [-0.1, -0.05) is 12.7 Å². The summed E-state index contributed by atoms with van der Waals surface area (Å²) in [7, 11) is 0. The Labute approximate surface area is 112 Å². The van der Waals surface area contributed by atoms with Crippen LogP contribution in [0.1, 0.15) is 18.4 Å². The van der Waals surface area contributed by atoms with Crippen molar-refractivity contribution in [2.45, 2.75) is 18.6 Å². The van der Waals surface area contributed by atoms with Crippen LogP contribution in [0, 0.1) is 0 Å². The monoisotopic (exact) mass is 262 g/mol. The molecule has 0 bridgehead atoms. The fourth-order valence-corrected chi connectivity index (χ4v) is 2.29. The van der Waals surface area contributed by atoms with Gasteiger partial charge in [0, 0.05) is 24.6 Å². The molecule has 0 aliphatic carbocycles. The van der Waals surface area contributed by atoms with Gasteiger partial charge in [0.15, 0.2) is 5.78 Å². The molecule has 1 aromatic rings. The smallest absolute Gasteiger partial charge is 0.178 e. The Hall–Kier alpha value is -1.55. The van der Waals surface area contributed by atoms with Crippen LogP contribution in [0.3, 0.4) is 0 Å². The van der Waals surface area contributed by atoms with Gasteiger partial charge in [0.2, 0.25) is 0 Å². The van der Waals surface area contributed by atoms with E-state index in [9.17, 15) is 4.79 Å². The molecule has 0 aromatic carbocycles. The topological polar surface area (TPSA) is 56.0 Å². The average molecular weight is 262 g/mol. The normalized spacial score (nSPS) is 11.2. The van der Waals surface area contributed by atoms with E-state index in [-0.39, 0.29) is 5.78 Å². The standard InChI is InChI=1S/C14H18N2OS/c1-2-4-13(15)14(17)5-3-10-18-11-12-6-8-16-9-7-12/h2,4,6-9H,1,3,5,10-11,15H2/b13-4-. The van der Waals surface area contributed by atoms with Crippen molar-refractivity contribution in [2.75, 3.05) is 5.75 Å². The highest BCUT2D eigenvalue weighted by Gasteiger charge is 2.04. The van der Waals surface area contributed by atoms with Crippen molar-refractivity contribution >= 4 is 17.5 Å². The fourth-order valence-electron chi connectivity index (χ4n) is 1.37. The third kappa shape index (κ3) is 5.68. The summed E-state index contributed by atoms with van der Waals surface area (Å²) in [5.41, 5.74) is 7.11. The minimum Gasteiger partial charge on any atom is -0.396 e. The average Bonchev–Trinajstić information content (AvgIpc) is 2.39. The number of pyridine rings is 1. The largest absolute Gasteiger partial charge is 0.396 e. The molecule has 0 amide bonds. The van der Waals surface area contributed by atoms with E-state index < -0.39 is 0 Å². The Morgan fingerprint density at radius 1 is 1.44 bits per heavy atom. The second kappa shape index (κ2) is 8.53. The summed E-state index contributed by atoms with van der Waals surface area (Å²) in [5.74, 6) is 1.91. The molecule has 18 heavy (non-hydrogen) atoms. The number of ketones is 1. The van der Waals surface area contributed by atoms with Crippen LogP contribution in [0.25, 0.3) is 0 Å². The molecule has 1 rings (SSSR count). The minimum atomic E-state index is -0.000545. The van der Waals surface area contributed by atoms with Gasteiger partial charge in [-0.05, 0) is 35.9 Å². The Morgan fingerprint density at radius 3 is 2.83 bits per heavy atom. The maximum absolute atomic E-state index is 11.5. The third-order valence-electron chi connectivity index (χ3n) is 2.33. The maximum Gasteiger partial charge on any atom is 0.178 e. The lowest BCUT2D eigenvalue weighted by molar-refractivity contribution is -0.115. The summed E-state index contributed by atoms with van der Waals surface area (Å²) in [5, 5.41) is 0. The number of carbonyl (C=O) groups is 1. The first kappa shape index (κ1) is 14.5. The summed E-state index contributed by atoms with van der Waals surface area (Å²) in [6.07, 6.45) is 8.01. The minimum absolute atomic E-state index is 0.000545. The summed E-state index contributed by atoms with van der Waals surface area (Å²) in [4.78, 5) is 15.5. The van der Waals surface area contributed by atoms with Crippen LogP contribution in [0.4, 0.5) is 0 Å². The van der Waals surface area contributed by atoms with Crippen LogP contribution in [-0.2, 0) is 10.5 Å². The number of thioether (sulfide) groups is 1. The van der Waals surface area contributed by atoms with E-state index in [2.05, 4.69) is 11.6 Å². The summed E-state index contributed by atoms with van der Waals surface area (Å²) in [6.45, 7) is 3.51. The number of hydrogen-bond acceptors (Lipinski definition) is 4. The molecule has 0 aliphatic heterocycles. The van der Waals surface area contributed by atoms with E-state index >= 15 is 0 Å². The van der Waals surface area contributed by atoms with Gasteiger partial charge in [-0.2, -0.15) is 11.8 Å². The van der Waals surface area contributed by atoms with Gasteiger partial charge in [0.05, 0.1) is 5.70 Å². The number of hydrogen-bond donors (Lipinski definition) is 1. The SMILES string of the molecule is C=C/C=C(\N)C(=O)CCCSCc1ccncc1. The molecule has 4 heteroatoms. The summed E-state index contributed by atoms with van der Waals surface area (Å²) < 4.78 is 0. The van der Waals surface area contributed by atoms with Crippen molar-refractivity contribution < 1.29 is 4.79 Å². The molecule has 0 saturated carbocycles. The number of allylic oxidation sites excluding steroid dienone is 3. The fraction of sp³-hybridized carbons (Fsp3) is 0.286. The Bertz CT molecular complexity index is 415. The Morgan fingerprint density at radius 2 is 2.17 bits per heavy atom. The van der Waals surface area contributed by atoms with Crippen molar-refractivity contribution in [1.82, 2.24) is 4.98 Å². The molecule has 1 aromatic heterocycles. The molecule has 0 spiro atoms. The van der Waals surface area contributed by atoms with Gasteiger partial charge in [-0.3, -0.25) is 9.78 Å². The van der Waals surface area contributed by atoms with Crippen molar-refractivity contribution in [3.05, 3.63) is 54.5 Å². The second-order valence-electron chi connectivity index (χ2n) is 3.79. The van der Waals surface area contributed by atoms with Gasteiger partial charge >= 0.3 is 0 Å². The molecular formula is C14H18N2OS. The van der Waals surface area contributed by atoms with Crippen molar-refractivity contribution in [3.8, 4) is 0 Å². The van der Waals surface area contributed by atoms with Gasteiger partial charge < -0.3 is 5.73 Å². The van der Waals surface area contributed by atoms with Crippen LogP contribution < -0.4 is 5.73 Å². The number of rotatable bonds is 8. The highest BCUT2D eigenvalue weighted by molar-refractivity contribution is 7.98. The number of carbonyl (C=O) groups excluding carboxylic acids is 1. The number of nitrogens with zero attached hydrogens (tertiary/aromatic N) is 1. The first-order valence-electron chi connectivity index (χ1n) is 5.82. The lowest BCUT2D eigenvalue weighted by atomic mass is 10.2. The van der Waals surface area contributed by atoms with Gasteiger partial charge in [0.1, 0.15) is 0 Å². The highest BCUT2D eigenvalue weighted by Crippen LogP contribution is 2.13. The Kier molecular flexibility index (Phi) is 6.87. The molecule has 96 valence electrons. The highest BCUT2D eigenvalue weighted by atomic mass is 32.2.